The van der Waals surface area contributed by atoms with E-state index < -0.39 is 29.8 Å². The highest BCUT2D eigenvalue weighted by atomic mass is 19.1. The van der Waals surface area contributed by atoms with Gasteiger partial charge in [-0.2, -0.15) is 0 Å². The number of imide groups is 1. The third kappa shape index (κ3) is 2.74. The van der Waals surface area contributed by atoms with Crippen molar-refractivity contribution in [1.29, 1.82) is 0 Å². The Morgan fingerprint density at radius 1 is 1.38 bits per heavy atom. The molecular weight excluding hydrogens is 313 g/mol. The number of hydrogen-bond acceptors (Lipinski definition) is 3. The Hall–Kier alpha value is -2.44. The lowest BCUT2D eigenvalue weighted by atomic mass is 9.73. The third-order valence-corrected chi connectivity index (χ3v) is 4.95. The molecule has 2 fully saturated rings. The van der Waals surface area contributed by atoms with Crippen molar-refractivity contribution in [1.82, 2.24) is 10.2 Å². The fourth-order valence-corrected chi connectivity index (χ4v) is 3.53. The van der Waals surface area contributed by atoms with Crippen molar-refractivity contribution in [2.45, 2.75) is 38.1 Å². The van der Waals surface area contributed by atoms with E-state index in [4.69, 9.17) is 0 Å². The molecule has 1 aliphatic heterocycles. The maximum Gasteiger partial charge on any atom is 0.325 e. The molecule has 2 aliphatic rings. The summed E-state index contributed by atoms with van der Waals surface area (Å²) in [6.07, 6.45) is 3.34. The fourth-order valence-electron chi connectivity index (χ4n) is 3.53. The van der Waals surface area contributed by atoms with E-state index in [1.165, 1.54) is 18.2 Å². The summed E-state index contributed by atoms with van der Waals surface area (Å²) < 4.78 is 13.6. The Balaban J connectivity index is 1.71. The van der Waals surface area contributed by atoms with E-state index in [0.717, 1.165) is 24.2 Å². The summed E-state index contributed by atoms with van der Waals surface area (Å²) in [5.41, 5.74) is -0.872. The number of nitrogens with zero attached hydrogens (tertiary/aromatic N) is 1. The lowest BCUT2D eigenvalue weighted by Crippen LogP contribution is -2.54. The highest BCUT2D eigenvalue weighted by molar-refractivity contribution is 6.10. The van der Waals surface area contributed by atoms with Gasteiger partial charge in [0.05, 0.1) is 5.69 Å². The van der Waals surface area contributed by atoms with E-state index in [0.29, 0.717) is 6.42 Å². The molecule has 6 nitrogen and oxygen atoms in total. The van der Waals surface area contributed by atoms with Gasteiger partial charge in [-0.1, -0.05) is 31.9 Å². The first-order valence-corrected chi connectivity index (χ1v) is 8.12. The molecule has 1 saturated heterocycles. The zero-order valence-electron chi connectivity index (χ0n) is 13.5. The van der Waals surface area contributed by atoms with Crippen LogP contribution in [-0.2, 0) is 9.59 Å². The summed E-state index contributed by atoms with van der Waals surface area (Å²) in [7, 11) is 0. The minimum atomic E-state index is -0.895. The summed E-state index contributed by atoms with van der Waals surface area (Å²) in [6, 6.07) is 5.19. The first-order valence-electron chi connectivity index (χ1n) is 8.12. The highest BCUT2D eigenvalue weighted by Crippen LogP contribution is 2.38. The Labute approximate surface area is 139 Å². The summed E-state index contributed by atoms with van der Waals surface area (Å²) in [5.74, 6) is -1.50. The quantitative estimate of drug-likeness (QED) is 0.833. The predicted octanol–water partition coefficient (Wildman–Crippen LogP) is 2.26. The van der Waals surface area contributed by atoms with Gasteiger partial charge in [-0.25, -0.2) is 9.18 Å². The smallest absolute Gasteiger partial charge is 0.323 e. The molecule has 1 saturated carbocycles. The molecule has 2 N–H and O–H groups in total. The molecule has 128 valence electrons. The number of amides is 4. The molecule has 2 atom stereocenters. The van der Waals surface area contributed by atoms with Crippen molar-refractivity contribution in [3.8, 4) is 0 Å². The van der Waals surface area contributed by atoms with Crippen molar-refractivity contribution >= 4 is 23.5 Å². The molecule has 0 unspecified atom stereocenters. The van der Waals surface area contributed by atoms with E-state index >= 15 is 0 Å². The van der Waals surface area contributed by atoms with Crippen LogP contribution in [0.3, 0.4) is 0 Å². The molecule has 0 bridgehead atoms. The van der Waals surface area contributed by atoms with Crippen LogP contribution in [0.1, 0.15) is 32.6 Å². The zero-order valence-corrected chi connectivity index (χ0v) is 13.5. The third-order valence-electron chi connectivity index (χ3n) is 4.95. The second-order valence-electron chi connectivity index (χ2n) is 6.47. The standard InChI is InChI=1S/C17H20FN3O3/c1-11-6-4-5-9-17(11)15(23)21(16(24)20-17)10-14(22)19-13-8-3-2-7-12(13)18/h2-3,7-8,11H,4-6,9-10H2,1H3,(H,19,22)(H,20,24)/t11-,17+/m0/s1. The Morgan fingerprint density at radius 3 is 2.83 bits per heavy atom. The average molecular weight is 333 g/mol. The number of para-hydroxylation sites is 1. The lowest BCUT2D eigenvalue weighted by Gasteiger charge is -2.36. The average Bonchev–Trinajstić information content (AvgIpc) is 2.78. The van der Waals surface area contributed by atoms with E-state index in [2.05, 4.69) is 10.6 Å². The van der Waals surface area contributed by atoms with Gasteiger partial charge in [0.1, 0.15) is 17.9 Å². The molecule has 1 heterocycles. The molecule has 0 aromatic heterocycles. The predicted molar refractivity (Wildman–Crippen MR) is 85.6 cm³/mol. The van der Waals surface area contributed by atoms with Crippen LogP contribution in [0.25, 0.3) is 0 Å². The summed E-state index contributed by atoms with van der Waals surface area (Å²) in [5, 5.41) is 5.18. The summed E-state index contributed by atoms with van der Waals surface area (Å²) in [4.78, 5) is 38.0. The van der Waals surface area contributed by atoms with Gasteiger partial charge < -0.3 is 10.6 Å². The van der Waals surface area contributed by atoms with E-state index in [9.17, 15) is 18.8 Å². The van der Waals surface area contributed by atoms with E-state index in [-0.39, 0.29) is 17.5 Å². The maximum atomic E-state index is 13.6. The molecule has 0 radical (unpaired) electrons. The normalized spacial score (nSPS) is 26.6. The molecule has 1 aromatic carbocycles. The monoisotopic (exact) mass is 333 g/mol. The number of halogens is 1. The Bertz CT molecular complexity index is 693. The number of carbonyl (C=O) groups is 3. The molecular formula is C17H20FN3O3. The number of urea groups is 1. The highest BCUT2D eigenvalue weighted by Gasteiger charge is 2.55. The van der Waals surface area contributed by atoms with Gasteiger partial charge in [0.15, 0.2) is 0 Å². The zero-order chi connectivity index (χ0) is 17.3. The molecule has 7 heteroatoms. The first-order chi connectivity index (χ1) is 11.4. The second-order valence-corrected chi connectivity index (χ2v) is 6.47. The minimum absolute atomic E-state index is 0.0234. The van der Waals surface area contributed by atoms with Crippen molar-refractivity contribution in [3.63, 3.8) is 0 Å². The van der Waals surface area contributed by atoms with Crippen LogP contribution in [0.5, 0.6) is 0 Å². The van der Waals surface area contributed by atoms with Gasteiger partial charge in [0, 0.05) is 0 Å². The number of benzene rings is 1. The molecule has 1 aromatic rings. The SMILES string of the molecule is C[C@H]1CCCC[C@@]12NC(=O)N(CC(=O)Nc1ccccc1F)C2=O. The van der Waals surface area contributed by atoms with Gasteiger partial charge in [0.2, 0.25) is 5.91 Å². The van der Waals surface area contributed by atoms with Gasteiger partial charge in [-0.3, -0.25) is 14.5 Å². The lowest BCUT2D eigenvalue weighted by molar-refractivity contribution is -0.136. The van der Waals surface area contributed by atoms with Crippen LogP contribution < -0.4 is 10.6 Å². The molecule has 4 amide bonds. The van der Waals surface area contributed by atoms with Gasteiger partial charge in [-0.15, -0.1) is 0 Å². The largest absolute Gasteiger partial charge is 0.325 e. The van der Waals surface area contributed by atoms with Gasteiger partial charge >= 0.3 is 6.03 Å². The van der Waals surface area contributed by atoms with Crippen LogP contribution in [0.15, 0.2) is 24.3 Å². The fraction of sp³-hybridized carbons (Fsp3) is 0.471. The van der Waals surface area contributed by atoms with Gasteiger partial charge in [0.25, 0.3) is 5.91 Å². The van der Waals surface area contributed by atoms with Crippen molar-refractivity contribution in [2.24, 2.45) is 5.92 Å². The number of anilines is 1. The molecule has 24 heavy (non-hydrogen) atoms. The number of carbonyl (C=O) groups excluding carboxylic acids is 3. The van der Waals surface area contributed by atoms with Crippen molar-refractivity contribution in [2.75, 3.05) is 11.9 Å². The Kier molecular flexibility index (Phi) is 4.26. The van der Waals surface area contributed by atoms with Crippen LogP contribution in [-0.4, -0.2) is 34.8 Å². The number of rotatable bonds is 3. The summed E-state index contributed by atoms with van der Waals surface area (Å²) in [6.45, 7) is 1.52. The topological polar surface area (TPSA) is 78.5 Å². The van der Waals surface area contributed by atoms with Crippen LogP contribution in [0, 0.1) is 11.7 Å². The maximum absolute atomic E-state index is 13.6. The second kappa shape index (κ2) is 6.22. The Morgan fingerprint density at radius 2 is 2.12 bits per heavy atom. The first kappa shape index (κ1) is 16.4. The van der Waals surface area contributed by atoms with E-state index in [1.807, 2.05) is 6.92 Å². The molecule has 3 rings (SSSR count). The van der Waals surface area contributed by atoms with Crippen LogP contribution in [0.4, 0.5) is 14.9 Å². The molecule has 1 spiro atoms. The van der Waals surface area contributed by atoms with Crippen molar-refractivity contribution < 1.29 is 18.8 Å². The minimum Gasteiger partial charge on any atom is -0.323 e. The number of hydrogen-bond donors (Lipinski definition) is 2. The van der Waals surface area contributed by atoms with Crippen LogP contribution >= 0.6 is 0 Å². The van der Waals surface area contributed by atoms with Crippen molar-refractivity contribution in [3.05, 3.63) is 30.1 Å². The summed E-state index contributed by atoms with van der Waals surface area (Å²) >= 11 is 0. The molecule has 1 aliphatic carbocycles. The van der Waals surface area contributed by atoms with Crippen LogP contribution in [0.2, 0.25) is 0 Å². The number of nitrogens with one attached hydrogen (secondary N) is 2. The van der Waals surface area contributed by atoms with Gasteiger partial charge in [-0.05, 0) is 30.9 Å². The van der Waals surface area contributed by atoms with E-state index in [1.54, 1.807) is 6.07 Å².